The van der Waals surface area contributed by atoms with Gasteiger partial charge in [0.2, 0.25) is 0 Å². The maximum Gasteiger partial charge on any atom is 0.194 e. The number of rotatable bonds is 6. The highest BCUT2D eigenvalue weighted by Gasteiger charge is 2.58. The Morgan fingerprint density at radius 2 is 1.76 bits per heavy atom. The third-order valence-electron chi connectivity index (χ3n) is 3.68. The summed E-state index contributed by atoms with van der Waals surface area (Å²) in [7, 11) is 5.99. The molecule has 0 aromatic carbocycles. The zero-order chi connectivity index (χ0) is 16.0. The number of hydrogen-bond acceptors (Lipinski definition) is 6. The molecular weight excluding hydrogens is 276 g/mol. The minimum atomic E-state index is -1.54. The molecule has 21 heavy (non-hydrogen) atoms. The number of ether oxygens (including phenoxy) is 5. The molecule has 1 aliphatic heterocycles. The van der Waals surface area contributed by atoms with Crippen LogP contribution in [0.4, 0.5) is 0 Å². The van der Waals surface area contributed by atoms with Crippen molar-refractivity contribution in [3.05, 3.63) is 0 Å². The van der Waals surface area contributed by atoms with Crippen molar-refractivity contribution >= 4 is 0 Å². The summed E-state index contributed by atoms with van der Waals surface area (Å²) < 4.78 is 27.3. The summed E-state index contributed by atoms with van der Waals surface area (Å²) in [6, 6.07) is 0. The summed E-state index contributed by atoms with van der Waals surface area (Å²) in [6.07, 6.45) is 7.14. The topological polar surface area (TPSA) is 66.4 Å². The first kappa shape index (κ1) is 17.9. The second-order valence-electron chi connectivity index (χ2n) is 4.68. The van der Waals surface area contributed by atoms with E-state index in [0.717, 1.165) is 0 Å². The Balaban J connectivity index is 3.30. The molecule has 6 atom stereocenters. The maximum atomic E-state index is 10.2. The fraction of sp³-hybridized carbons (Fsp3) is 0.733. The Morgan fingerprint density at radius 3 is 2.14 bits per heavy atom. The normalized spacial score (nSPS) is 37.5. The van der Waals surface area contributed by atoms with Crippen LogP contribution in [0.3, 0.4) is 0 Å². The van der Waals surface area contributed by atoms with Crippen molar-refractivity contribution in [3.63, 3.8) is 0 Å². The van der Waals surface area contributed by atoms with Gasteiger partial charge in [-0.05, 0) is 0 Å². The molecule has 0 saturated carbocycles. The van der Waals surface area contributed by atoms with E-state index < -0.39 is 36.1 Å². The summed E-state index contributed by atoms with van der Waals surface area (Å²) in [4.78, 5) is 0. The van der Waals surface area contributed by atoms with Crippen molar-refractivity contribution in [2.45, 2.75) is 36.1 Å². The minimum absolute atomic E-state index is 0.204. The van der Waals surface area contributed by atoms with Crippen molar-refractivity contribution in [3.8, 4) is 24.7 Å². The van der Waals surface area contributed by atoms with Gasteiger partial charge in [0.15, 0.2) is 11.7 Å². The molecule has 0 unspecified atom stereocenters. The number of hydrogen-bond donors (Lipinski definition) is 1. The molecule has 6 heteroatoms. The molecule has 1 N–H and O–H groups in total. The Hall–Kier alpha value is -1.12. The van der Waals surface area contributed by atoms with Gasteiger partial charge >= 0.3 is 0 Å². The zero-order valence-corrected chi connectivity index (χ0v) is 12.7. The average molecular weight is 298 g/mol. The van der Waals surface area contributed by atoms with Crippen LogP contribution >= 0.6 is 0 Å². The van der Waals surface area contributed by atoms with Crippen LogP contribution in [-0.2, 0) is 23.7 Å². The van der Waals surface area contributed by atoms with Crippen LogP contribution in [-0.4, -0.2) is 76.3 Å². The maximum absolute atomic E-state index is 10.2. The molecule has 0 amide bonds. The summed E-state index contributed by atoms with van der Waals surface area (Å²) in [6.45, 7) is 0.204. The quantitative estimate of drug-likeness (QED) is 0.663. The summed E-state index contributed by atoms with van der Waals surface area (Å²) >= 11 is 0. The SMILES string of the molecule is C#C[C@@H](O)[C@@]1(C#C)O[C@H](COC)[C@@H](OC)[C@H](OC)[C@H]1OC. The molecule has 6 nitrogen and oxygen atoms in total. The average Bonchev–Trinajstić information content (AvgIpc) is 2.52. The second-order valence-corrected chi connectivity index (χ2v) is 4.68. The van der Waals surface area contributed by atoms with E-state index in [1.165, 1.54) is 28.4 Å². The van der Waals surface area contributed by atoms with Crippen LogP contribution in [0.1, 0.15) is 0 Å². The van der Waals surface area contributed by atoms with Crippen LogP contribution < -0.4 is 0 Å². The summed E-state index contributed by atoms with van der Waals surface area (Å²) in [5, 5.41) is 10.2. The zero-order valence-electron chi connectivity index (χ0n) is 12.7. The number of aliphatic hydroxyl groups is 1. The number of methoxy groups -OCH3 is 4. The highest BCUT2D eigenvalue weighted by Crippen LogP contribution is 2.36. The fourth-order valence-corrected chi connectivity index (χ4v) is 2.70. The molecule has 1 aliphatic rings. The molecule has 0 aromatic heterocycles. The molecule has 1 saturated heterocycles. The number of terminal acetylenes is 2. The third-order valence-corrected chi connectivity index (χ3v) is 3.68. The predicted octanol–water partition coefficient (Wildman–Crippen LogP) is -0.557. The van der Waals surface area contributed by atoms with E-state index in [1.54, 1.807) is 0 Å². The molecular formula is C15H22O6. The molecule has 0 aromatic rings. The lowest BCUT2D eigenvalue weighted by molar-refractivity contribution is -0.286. The van der Waals surface area contributed by atoms with Crippen LogP contribution in [0.25, 0.3) is 0 Å². The van der Waals surface area contributed by atoms with Crippen LogP contribution in [0, 0.1) is 24.7 Å². The van der Waals surface area contributed by atoms with E-state index in [1.807, 2.05) is 0 Å². The summed E-state index contributed by atoms with van der Waals surface area (Å²) in [5.41, 5.74) is -1.54. The molecule has 0 spiro atoms. The Kier molecular flexibility index (Phi) is 6.63. The standard InChI is InChI=1S/C15H22O6/c1-7-11(16)15(8-2)14(20-6)13(19-5)12(18-4)10(21-15)9-17-3/h1-2,10-14,16H,9H2,3-6H3/t10-,11-,12-,13+,14-,15-/m1/s1. The first-order valence-electron chi connectivity index (χ1n) is 6.43. The van der Waals surface area contributed by atoms with Gasteiger partial charge in [-0.15, -0.1) is 12.8 Å². The van der Waals surface area contributed by atoms with E-state index in [2.05, 4.69) is 11.8 Å². The van der Waals surface area contributed by atoms with Gasteiger partial charge in [0, 0.05) is 28.4 Å². The highest BCUT2D eigenvalue weighted by molar-refractivity contribution is 5.27. The highest BCUT2D eigenvalue weighted by atomic mass is 16.6. The van der Waals surface area contributed by atoms with Gasteiger partial charge in [0.25, 0.3) is 0 Å². The monoisotopic (exact) mass is 298 g/mol. The molecule has 0 aliphatic carbocycles. The first-order chi connectivity index (χ1) is 10.1. The Morgan fingerprint density at radius 1 is 1.14 bits per heavy atom. The van der Waals surface area contributed by atoms with Crippen molar-refractivity contribution < 1.29 is 28.8 Å². The smallest absolute Gasteiger partial charge is 0.194 e. The predicted molar refractivity (Wildman–Crippen MR) is 75.5 cm³/mol. The minimum Gasteiger partial charge on any atom is -0.382 e. The van der Waals surface area contributed by atoms with Gasteiger partial charge in [-0.1, -0.05) is 11.8 Å². The lowest BCUT2D eigenvalue weighted by atomic mass is 9.81. The number of aliphatic hydroxyl groups excluding tert-OH is 1. The second kappa shape index (κ2) is 7.77. The van der Waals surface area contributed by atoms with Crippen molar-refractivity contribution in [2.75, 3.05) is 35.0 Å². The van der Waals surface area contributed by atoms with E-state index in [9.17, 15) is 5.11 Å². The molecule has 0 bridgehead atoms. The largest absolute Gasteiger partial charge is 0.382 e. The van der Waals surface area contributed by atoms with Gasteiger partial charge in [0.1, 0.15) is 24.4 Å². The lowest BCUT2D eigenvalue weighted by Crippen LogP contribution is -2.69. The Labute approximate surface area is 125 Å². The fourth-order valence-electron chi connectivity index (χ4n) is 2.70. The van der Waals surface area contributed by atoms with Crippen LogP contribution in [0.2, 0.25) is 0 Å². The molecule has 0 radical (unpaired) electrons. The summed E-state index contributed by atoms with van der Waals surface area (Å²) in [5.74, 6) is 4.64. The first-order valence-corrected chi connectivity index (χ1v) is 6.43. The van der Waals surface area contributed by atoms with Gasteiger partial charge in [-0.25, -0.2) is 0 Å². The van der Waals surface area contributed by atoms with Gasteiger partial charge < -0.3 is 28.8 Å². The molecule has 1 rings (SSSR count). The Bertz CT molecular complexity index is 411. The van der Waals surface area contributed by atoms with E-state index in [4.69, 9.17) is 36.5 Å². The molecule has 1 heterocycles. The van der Waals surface area contributed by atoms with Crippen molar-refractivity contribution in [1.82, 2.24) is 0 Å². The van der Waals surface area contributed by atoms with Gasteiger partial charge in [0.05, 0.1) is 6.61 Å². The van der Waals surface area contributed by atoms with E-state index in [0.29, 0.717) is 0 Å². The van der Waals surface area contributed by atoms with Crippen LogP contribution in [0.5, 0.6) is 0 Å². The molecule has 118 valence electrons. The van der Waals surface area contributed by atoms with Crippen molar-refractivity contribution in [1.29, 1.82) is 0 Å². The molecule has 1 fully saturated rings. The van der Waals surface area contributed by atoms with E-state index >= 15 is 0 Å². The van der Waals surface area contributed by atoms with Crippen molar-refractivity contribution in [2.24, 2.45) is 0 Å². The van der Waals surface area contributed by atoms with E-state index in [-0.39, 0.29) is 6.61 Å². The third kappa shape index (κ3) is 3.07. The lowest BCUT2D eigenvalue weighted by Gasteiger charge is -2.50. The van der Waals surface area contributed by atoms with Gasteiger partial charge in [-0.3, -0.25) is 0 Å². The van der Waals surface area contributed by atoms with Gasteiger partial charge in [-0.2, -0.15) is 0 Å². The van der Waals surface area contributed by atoms with Crippen LogP contribution in [0.15, 0.2) is 0 Å².